The number of hydrogen-bond acceptors (Lipinski definition) is 4. The van der Waals surface area contributed by atoms with Crippen LogP contribution in [0.2, 0.25) is 0 Å². The molecule has 1 N–H and O–H groups in total. The number of aromatic nitrogens is 2. The highest BCUT2D eigenvalue weighted by Gasteiger charge is 2.34. The number of rotatable bonds is 1. The van der Waals surface area contributed by atoms with Crippen LogP contribution in [0.1, 0.15) is 16.3 Å². The Balaban J connectivity index is 3.29. The molecule has 0 fully saturated rings. The third-order valence-corrected chi connectivity index (χ3v) is 1.41. The summed E-state index contributed by atoms with van der Waals surface area (Å²) in [5.74, 6) is -1.92. The van der Waals surface area contributed by atoms with Gasteiger partial charge in [-0.1, -0.05) is 0 Å². The van der Waals surface area contributed by atoms with Crippen LogP contribution >= 0.6 is 0 Å². The molecule has 0 aliphatic heterocycles. The van der Waals surface area contributed by atoms with Gasteiger partial charge in [-0.25, -0.2) is 9.78 Å². The van der Waals surface area contributed by atoms with Gasteiger partial charge >= 0.3 is 12.1 Å². The lowest BCUT2D eigenvalue weighted by atomic mass is 10.4. The quantitative estimate of drug-likeness (QED) is 0.705. The Morgan fingerprint density at radius 1 is 1.53 bits per heavy atom. The summed E-state index contributed by atoms with van der Waals surface area (Å²) < 4.78 is 40.6. The van der Waals surface area contributed by atoms with Crippen molar-refractivity contribution in [2.24, 2.45) is 0 Å². The highest BCUT2D eigenvalue weighted by atomic mass is 19.4. The molecule has 0 atom stereocenters. The van der Waals surface area contributed by atoms with Crippen LogP contribution in [0.25, 0.3) is 0 Å². The maximum absolute atomic E-state index is 12.1. The van der Waals surface area contributed by atoms with E-state index in [2.05, 4.69) is 9.72 Å². The van der Waals surface area contributed by atoms with Gasteiger partial charge in [-0.3, -0.25) is 4.79 Å². The number of carbonyl (C=O) groups is 1. The Morgan fingerprint density at radius 3 is 2.60 bits per heavy atom. The van der Waals surface area contributed by atoms with Crippen LogP contribution in [0.5, 0.6) is 0 Å². The zero-order valence-corrected chi connectivity index (χ0v) is 7.38. The van der Waals surface area contributed by atoms with Crippen LogP contribution in [-0.2, 0) is 10.9 Å². The van der Waals surface area contributed by atoms with Crippen LogP contribution in [0.4, 0.5) is 13.2 Å². The number of esters is 1. The number of nitrogens with one attached hydrogen (secondary N) is 1. The Bertz CT molecular complexity index is 438. The van der Waals surface area contributed by atoms with Crippen molar-refractivity contribution in [2.75, 3.05) is 7.11 Å². The second-order valence-corrected chi connectivity index (χ2v) is 2.47. The minimum absolute atomic E-state index is 0.256. The number of carbonyl (C=O) groups excluding carboxylic acids is 1. The van der Waals surface area contributed by atoms with Gasteiger partial charge in [-0.05, 0) is 0 Å². The molecule has 5 nitrogen and oxygen atoms in total. The molecule has 0 bridgehead atoms. The third-order valence-electron chi connectivity index (χ3n) is 1.41. The van der Waals surface area contributed by atoms with Gasteiger partial charge in [0.25, 0.3) is 5.56 Å². The fourth-order valence-corrected chi connectivity index (χ4v) is 0.796. The molecule has 1 heterocycles. The molecule has 15 heavy (non-hydrogen) atoms. The number of hydrogen-bond donors (Lipinski definition) is 1. The summed E-state index contributed by atoms with van der Waals surface area (Å²) in [6.07, 6.45) is -4.78. The van der Waals surface area contributed by atoms with E-state index in [0.29, 0.717) is 0 Å². The van der Waals surface area contributed by atoms with Crippen LogP contribution < -0.4 is 5.56 Å². The topological polar surface area (TPSA) is 72.0 Å². The number of alkyl halides is 3. The summed E-state index contributed by atoms with van der Waals surface area (Å²) in [4.78, 5) is 26.3. The molecule has 82 valence electrons. The van der Waals surface area contributed by atoms with Gasteiger partial charge in [0.05, 0.1) is 7.11 Å². The number of H-pyrrole nitrogens is 1. The molecule has 0 unspecified atom stereocenters. The number of nitrogens with zero attached hydrogens (tertiary/aromatic N) is 1. The average Bonchev–Trinajstić information content (AvgIpc) is 2.14. The van der Waals surface area contributed by atoms with Crippen LogP contribution in [0.3, 0.4) is 0 Å². The van der Waals surface area contributed by atoms with Crippen molar-refractivity contribution in [3.05, 3.63) is 27.9 Å². The molecule has 0 radical (unpaired) electrons. The molecule has 0 saturated heterocycles. The maximum Gasteiger partial charge on any atom is 0.433 e. The van der Waals surface area contributed by atoms with Gasteiger partial charge in [0.1, 0.15) is 0 Å². The lowest BCUT2D eigenvalue weighted by Crippen LogP contribution is -2.21. The van der Waals surface area contributed by atoms with Crippen molar-refractivity contribution in [1.29, 1.82) is 0 Å². The molecule has 0 aromatic carbocycles. The fraction of sp³-hybridized carbons (Fsp3) is 0.286. The molecular formula is C7H5F3N2O3. The molecule has 8 heteroatoms. The standard InChI is InChI=1S/C7H5F3N2O3/c1-15-6(14)5-11-3(7(8,9)10)2-4(13)12-5/h2H,1H3,(H,11,12,13). The van der Waals surface area contributed by atoms with Crippen molar-refractivity contribution >= 4 is 5.97 Å². The van der Waals surface area contributed by atoms with E-state index >= 15 is 0 Å². The first-order valence-corrected chi connectivity index (χ1v) is 3.61. The summed E-state index contributed by atoms with van der Waals surface area (Å²) in [5, 5.41) is 0. The predicted octanol–water partition coefficient (Wildman–Crippen LogP) is 0.575. The highest BCUT2D eigenvalue weighted by Crippen LogP contribution is 2.26. The molecular weight excluding hydrogens is 217 g/mol. The minimum Gasteiger partial charge on any atom is -0.463 e. The zero-order chi connectivity index (χ0) is 11.6. The summed E-state index contributed by atoms with van der Waals surface area (Å²) in [7, 11) is 0.961. The summed E-state index contributed by atoms with van der Waals surface area (Å²) in [6, 6.07) is 0.256. The predicted molar refractivity (Wildman–Crippen MR) is 41.2 cm³/mol. The highest BCUT2D eigenvalue weighted by molar-refractivity contribution is 5.84. The second-order valence-electron chi connectivity index (χ2n) is 2.47. The van der Waals surface area contributed by atoms with Gasteiger partial charge < -0.3 is 9.72 Å². The lowest BCUT2D eigenvalue weighted by Gasteiger charge is -2.05. The molecule has 0 spiro atoms. The van der Waals surface area contributed by atoms with E-state index in [4.69, 9.17) is 0 Å². The van der Waals surface area contributed by atoms with Gasteiger partial charge in [0.15, 0.2) is 5.69 Å². The van der Waals surface area contributed by atoms with Gasteiger partial charge in [0, 0.05) is 6.07 Å². The SMILES string of the molecule is COC(=O)c1nc(C(F)(F)F)cc(=O)[nH]1. The van der Waals surface area contributed by atoms with Crippen molar-refractivity contribution in [1.82, 2.24) is 9.97 Å². The number of ether oxygens (including phenoxy) is 1. The minimum atomic E-state index is -4.78. The van der Waals surface area contributed by atoms with E-state index in [1.165, 1.54) is 0 Å². The van der Waals surface area contributed by atoms with Crippen molar-refractivity contribution < 1.29 is 22.7 Å². The first-order chi connectivity index (χ1) is 6.84. The third kappa shape index (κ3) is 2.55. The monoisotopic (exact) mass is 222 g/mol. The van der Waals surface area contributed by atoms with E-state index in [1.807, 2.05) is 4.98 Å². The first kappa shape index (κ1) is 11.2. The maximum atomic E-state index is 12.1. The van der Waals surface area contributed by atoms with E-state index in [-0.39, 0.29) is 6.07 Å². The number of methoxy groups -OCH3 is 1. The van der Waals surface area contributed by atoms with E-state index in [9.17, 15) is 22.8 Å². The van der Waals surface area contributed by atoms with Crippen LogP contribution in [0.15, 0.2) is 10.9 Å². The molecule has 1 aromatic rings. The fourth-order valence-electron chi connectivity index (χ4n) is 0.796. The number of halogens is 3. The van der Waals surface area contributed by atoms with E-state index < -0.39 is 29.2 Å². The second kappa shape index (κ2) is 3.71. The van der Waals surface area contributed by atoms with Crippen molar-refractivity contribution in [3.8, 4) is 0 Å². The van der Waals surface area contributed by atoms with E-state index in [0.717, 1.165) is 7.11 Å². The summed E-state index contributed by atoms with van der Waals surface area (Å²) in [6.45, 7) is 0. The van der Waals surface area contributed by atoms with Gasteiger partial charge in [0.2, 0.25) is 5.82 Å². The van der Waals surface area contributed by atoms with E-state index in [1.54, 1.807) is 0 Å². The average molecular weight is 222 g/mol. The summed E-state index contributed by atoms with van der Waals surface area (Å²) in [5.41, 5.74) is -2.51. The molecule has 1 aromatic heterocycles. The van der Waals surface area contributed by atoms with Crippen molar-refractivity contribution in [3.63, 3.8) is 0 Å². The smallest absolute Gasteiger partial charge is 0.433 e. The number of aromatic amines is 1. The largest absolute Gasteiger partial charge is 0.463 e. The molecule has 1 rings (SSSR count). The molecule has 0 aliphatic carbocycles. The normalized spacial score (nSPS) is 11.2. The molecule has 0 saturated carbocycles. The Hall–Kier alpha value is -1.86. The first-order valence-electron chi connectivity index (χ1n) is 3.61. The Morgan fingerprint density at radius 2 is 2.13 bits per heavy atom. The molecule has 0 aliphatic rings. The van der Waals surface area contributed by atoms with Gasteiger partial charge in [-0.2, -0.15) is 13.2 Å². The zero-order valence-electron chi connectivity index (χ0n) is 7.38. The summed E-state index contributed by atoms with van der Waals surface area (Å²) >= 11 is 0. The lowest BCUT2D eigenvalue weighted by molar-refractivity contribution is -0.141. The molecule has 0 amide bonds. The van der Waals surface area contributed by atoms with Gasteiger partial charge in [-0.15, -0.1) is 0 Å². The Labute approximate surface area is 80.9 Å². The Kier molecular flexibility index (Phi) is 2.78. The van der Waals surface area contributed by atoms with Crippen LogP contribution in [0, 0.1) is 0 Å². The van der Waals surface area contributed by atoms with Crippen molar-refractivity contribution in [2.45, 2.75) is 6.18 Å². The van der Waals surface area contributed by atoms with Crippen LogP contribution in [-0.4, -0.2) is 23.0 Å².